The van der Waals surface area contributed by atoms with Gasteiger partial charge >= 0.3 is 0 Å². The Morgan fingerprint density at radius 3 is 2.68 bits per heavy atom. The van der Waals surface area contributed by atoms with Crippen molar-refractivity contribution < 1.29 is 9.84 Å². The van der Waals surface area contributed by atoms with E-state index in [0.717, 1.165) is 12.1 Å². The number of rotatable bonds is 9. The molecular weight excluding hydrogens is 449 g/mol. The maximum Gasteiger partial charge on any atom is 0.191 e. The zero-order chi connectivity index (χ0) is 17.0. The lowest BCUT2D eigenvalue weighted by molar-refractivity contribution is 0.0308. The van der Waals surface area contributed by atoms with Gasteiger partial charge in [0.25, 0.3) is 0 Å². The van der Waals surface area contributed by atoms with Crippen molar-refractivity contribution in [3.63, 3.8) is 0 Å². The van der Waals surface area contributed by atoms with Gasteiger partial charge in [0.1, 0.15) is 0 Å². The predicted molar refractivity (Wildman–Crippen MR) is 115 cm³/mol. The number of nitrogens with zero attached hydrogens (tertiary/aromatic N) is 1. The van der Waals surface area contributed by atoms with Crippen LogP contribution in [0.5, 0.6) is 0 Å². The predicted octanol–water partition coefficient (Wildman–Crippen LogP) is 3.00. The van der Waals surface area contributed by atoms with Gasteiger partial charge in [0.05, 0.1) is 25.9 Å². The zero-order valence-corrected chi connectivity index (χ0v) is 17.5. The van der Waals surface area contributed by atoms with Crippen LogP contribution in [0.15, 0.2) is 52.2 Å². The molecular formula is C18H26IN3O2S. The van der Waals surface area contributed by atoms with Crippen molar-refractivity contribution in [2.24, 2.45) is 4.99 Å². The SMILES string of the molecule is CCNC(=NCc1ccsc1)NCC(O)COCc1ccccc1.I. The Morgan fingerprint density at radius 2 is 2.00 bits per heavy atom. The Hall–Kier alpha value is -1.16. The summed E-state index contributed by atoms with van der Waals surface area (Å²) >= 11 is 1.66. The summed E-state index contributed by atoms with van der Waals surface area (Å²) < 4.78 is 5.54. The number of benzene rings is 1. The van der Waals surface area contributed by atoms with E-state index in [-0.39, 0.29) is 30.6 Å². The van der Waals surface area contributed by atoms with Crippen molar-refractivity contribution in [1.29, 1.82) is 0 Å². The molecule has 0 saturated carbocycles. The van der Waals surface area contributed by atoms with E-state index in [2.05, 4.69) is 27.1 Å². The highest BCUT2D eigenvalue weighted by Crippen LogP contribution is 2.06. The first kappa shape index (κ1) is 21.9. The van der Waals surface area contributed by atoms with Gasteiger partial charge in [-0.05, 0) is 34.9 Å². The van der Waals surface area contributed by atoms with E-state index in [9.17, 15) is 5.11 Å². The van der Waals surface area contributed by atoms with Crippen LogP contribution in [0.4, 0.5) is 0 Å². The molecule has 3 N–H and O–H groups in total. The second kappa shape index (κ2) is 13.1. The van der Waals surface area contributed by atoms with E-state index in [4.69, 9.17) is 4.74 Å². The minimum absolute atomic E-state index is 0. The fourth-order valence-corrected chi connectivity index (χ4v) is 2.71. The fraction of sp³-hybridized carbons (Fsp3) is 0.389. The van der Waals surface area contributed by atoms with E-state index >= 15 is 0 Å². The molecule has 2 aromatic rings. The third-order valence-electron chi connectivity index (χ3n) is 3.27. The third-order valence-corrected chi connectivity index (χ3v) is 4.00. The Labute approximate surface area is 170 Å². The van der Waals surface area contributed by atoms with Crippen LogP contribution in [0.2, 0.25) is 0 Å². The van der Waals surface area contributed by atoms with Gasteiger partial charge in [-0.1, -0.05) is 30.3 Å². The number of thiophene rings is 1. The number of ether oxygens (including phenoxy) is 1. The van der Waals surface area contributed by atoms with E-state index in [1.807, 2.05) is 42.6 Å². The summed E-state index contributed by atoms with van der Waals surface area (Å²) in [6, 6.07) is 12.0. The Bertz CT molecular complexity index is 594. The quantitative estimate of drug-likeness (QED) is 0.297. The molecule has 0 radical (unpaired) electrons. The molecule has 1 atom stereocenters. The number of aliphatic hydroxyl groups is 1. The third kappa shape index (κ3) is 9.20. The molecule has 1 unspecified atom stereocenters. The topological polar surface area (TPSA) is 65.9 Å². The van der Waals surface area contributed by atoms with Crippen LogP contribution < -0.4 is 10.6 Å². The summed E-state index contributed by atoms with van der Waals surface area (Å²) in [7, 11) is 0. The van der Waals surface area contributed by atoms with Crippen molar-refractivity contribution in [3.05, 3.63) is 58.3 Å². The summed E-state index contributed by atoms with van der Waals surface area (Å²) in [5, 5.41) is 20.5. The van der Waals surface area contributed by atoms with Crippen LogP contribution in [0.1, 0.15) is 18.1 Å². The number of halogens is 1. The molecule has 7 heteroatoms. The fourth-order valence-electron chi connectivity index (χ4n) is 2.06. The summed E-state index contributed by atoms with van der Waals surface area (Å²) in [6.07, 6.45) is -0.585. The first-order chi connectivity index (χ1) is 11.8. The zero-order valence-electron chi connectivity index (χ0n) is 14.4. The largest absolute Gasteiger partial charge is 0.389 e. The van der Waals surface area contributed by atoms with Crippen LogP contribution in [-0.2, 0) is 17.9 Å². The highest BCUT2D eigenvalue weighted by molar-refractivity contribution is 14.0. The Morgan fingerprint density at radius 1 is 1.20 bits per heavy atom. The van der Waals surface area contributed by atoms with Crippen molar-refractivity contribution in [2.45, 2.75) is 26.2 Å². The van der Waals surface area contributed by atoms with Gasteiger partial charge < -0.3 is 20.5 Å². The smallest absolute Gasteiger partial charge is 0.191 e. The second-order valence-electron chi connectivity index (χ2n) is 5.36. The summed E-state index contributed by atoms with van der Waals surface area (Å²) in [5.41, 5.74) is 2.28. The van der Waals surface area contributed by atoms with Gasteiger partial charge in [-0.25, -0.2) is 4.99 Å². The number of nitrogens with one attached hydrogen (secondary N) is 2. The molecule has 0 aliphatic heterocycles. The highest BCUT2D eigenvalue weighted by atomic mass is 127. The molecule has 0 fully saturated rings. The summed E-state index contributed by atoms with van der Waals surface area (Å²) in [5.74, 6) is 0.700. The molecule has 0 spiro atoms. The molecule has 1 heterocycles. The van der Waals surface area contributed by atoms with Crippen molar-refractivity contribution in [3.8, 4) is 0 Å². The summed E-state index contributed by atoms with van der Waals surface area (Å²) in [4.78, 5) is 4.50. The maximum atomic E-state index is 10.0. The molecule has 0 amide bonds. The lowest BCUT2D eigenvalue weighted by Gasteiger charge is -2.15. The molecule has 1 aromatic carbocycles. The minimum Gasteiger partial charge on any atom is -0.389 e. The van der Waals surface area contributed by atoms with Crippen LogP contribution >= 0.6 is 35.3 Å². The Kier molecular flexibility index (Phi) is 11.5. The normalized spacial score (nSPS) is 12.3. The van der Waals surface area contributed by atoms with Crippen LogP contribution in [0.25, 0.3) is 0 Å². The molecule has 1 aromatic heterocycles. The van der Waals surface area contributed by atoms with Gasteiger partial charge in [-0.15, -0.1) is 24.0 Å². The number of aliphatic imine (C=N–C) groups is 1. The molecule has 5 nitrogen and oxygen atoms in total. The van der Waals surface area contributed by atoms with E-state index in [1.54, 1.807) is 11.3 Å². The van der Waals surface area contributed by atoms with Crippen molar-refractivity contribution in [1.82, 2.24) is 10.6 Å². The van der Waals surface area contributed by atoms with Gasteiger partial charge in [0.15, 0.2) is 5.96 Å². The van der Waals surface area contributed by atoms with Gasteiger partial charge in [0, 0.05) is 13.1 Å². The highest BCUT2D eigenvalue weighted by Gasteiger charge is 2.06. The molecule has 25 heavy (non-hydrogen) atoms. The van der Waals surface area contributed by atoms with Crippen LogP contribution in [0, 0.1) is 0 Å². The van der Waals surface area contributed by atoms with E-state index in [0.29, 0.717) is 25.7 Å². The van der Waals surface area contributed by atoms with Gasteiger partial charge in [-0.2, -0.15) is 11.3 Å². The number of hydrogen-bond acceptors (Lipinski definition) is 4. The van der Waals surface area contributed by atoms with E-state index in [1.165, 1.54) is 5.56 Å². The lowest BCUT2D eigenvalue weighted by Crippen LogP contribution is -2.42. The second-order valence-corrected chi connectivity index (χ2v) is 6.14. The van der Waals surface area contributed by atoms with E-state index < -0.39 is 6.10 Å². The molecule has 0 saturated heterocycles. The average molecular weight is 475 g/mol. The molecule has 0 aliphatic carbocycles. The maximum absolute atomic E-state index is 10.0. The number of aliphatic hydroxyl groups excluding tert-OH is 1. The van der Waals surface area contributed by atoms with Crippen molar-refractivity contribution >= 4 is 41.3 Å². The molecule has 138 valence electrons. The minimum atomic E-state index is -0.585. The first-order valence-corrected chi connectivity index (χ1v) is 9.05. The van der Waals surface area contributed by atoms with Gasteiger partial charge in [-0.3, -0.25) is 0 Å². The lowest BCUT2D eigenvalue weighted by atomic mass is 10.2. The van der Waals surface area contributed by atoms with Crippen molar-refractivity contribution in [2.75, 3.05) is 19.7 Å². The number of guanidine groups is 1. The Balaban J connectivity index is 0.00000312. The molecule has 2 rings (SSSR count). The average Bonchev–Trinajstić information content (AvgIpc) is 3.12. The van der Waals surface area contributed by atoms with Gasteiger partial charge in [0.2, 0.25) is 0 Å². The monoisotopic (exact) mass is 475 g/mol. The van der Waals surface area contributed by atoms with Crippen LogP contribution in [-0.4, -0.2) is 36.9 Å². The van der Waals surface area contributed by atoms with Crippen LogP contribution in [0.3, 0.4) is 0 Å². The standard InChI is InChI=1S/C18H25N3O2S.HI/c1-2-19-18(20-10-16-8-9-24-14-16)21-11-17(22)13-23-12-15-6-4-3-5-7-15;/h3-9,14,17,22H,2,10-13H2,1H3,(H2,19,20,21);1H. The first-order valence-electron chi connectivity index (χ1n) is 8.11. The summed E-state index contributed by atoms with van der Waals surface area (Å²) in [6.45, 7) is 4.59. The molecule has 0 aliphatic rings. The number of hydrogen-bond donors (Lipinski definition) is 3. The molecule has 0 bridgehead atoms.